The maximum Gasteiger partial charge on any atom is 0.410 e. The smallest absolute Gasteiger partial charge is 0.410 e. The number of halogens is 3. The van der Waals surface area contributed by atoms with Gasteiger partial charge in [0.15, 0.2) is 23.2 Å². The van der Waals surface area contributed by atoms with Crippen molar-refractivity contribution in [2.24, 2.45) is 0 Å². The Morgan fingerprint density at radius 2 is 1.82 bits per heavy atom. The third kappa shape index (κ3) is 4.52. The predicted octanol–water partition coefficient (Wildman–Crippen LogP) is 5.43. The molecule has 34 heavy (non-hydrogen) atoms. The van der Waals surface area contributed by atoms with Crippen LogP contribution in [0.25, 0.3) is 0 Å². The molecule has 1 aromatic heterocycles. The molecule has 2 atom stereocenters. The average molecular weight is 474 g/mol. The second-order valence-electron chi connectivity index (χ2n) is 8.24. The van der Waals surface area contributed by atoms with Crippen molar-refractivity contribution in [2.75, 3.05) is 24.9 Å². The highest BCUT2D eigenvalue weighted by Gasteiger charge is 2.47. The van der Waals surface area contributed by atoms with Crippen molar-refractivity contribution in [1.82, 2.24) is 9.78 Å². The second-order valence-corrected chi connectivity index (χ2v) is 8.24. The SMILES string of the molecule is COc1ccc([C@H]2C[C@@H](C(F)(F)F)n3nc(C(=O)Nc4cc(C)ccc4C)cc3N2)cc1OC. The minimum absolute atomic E-state index is 0.106. The van der Waals surface area contributed by atoms with Crippen LogP contribution in [0, 0.1) is 13.8 Å². The highest BCUT2D eigenvalue weighted by Crippen LogP contribution is 2.44. The number of nitrogens with one attached hydrogen (secondary N) is 2. The zero-order valence-electron chi connectivity index (χ0n) is 19.2. The monoisotopic (exact) mass is 474 g/mol. The lowest BCUT2D eigenvalue weighted by Crippen LogP contribution is -2.35. The molecule has 4 rings (SSSR count). The number of amides is 1. The van der Waals surface area contributed by atoms with Crippen LogP contribution in [0.1, 0.15) is 45.7 Å². The Hall–Kier alpha value is -3.69. The van der Waals surface area contributed by atoms with Crippen LogP contribution in [0.3, 0.4) is 0 Å². The Bertz CT molecular complexity index is 1220. The van der Waals surface area contributed by atoms with Crippen molar-refractivity contribution in [3.63, 3.8) is 0 Å². The van der Waals surface area contributed by atoms with Gasteiger partial charge < -0.3 is 20.1 Å². The molecule has 0 radical (unpaired) electrons. The second kappa shape index (κ2) is 8.92. The van der Waals surface area contributed by atoms with Crippen molar-refractivity contribution in [3.05, 3.63) is 64.8 Å². The number of aromatic nitrogens is 2. The van der Waals surface area contributed by atoms with Gasteiger partial charge in [-0.2, -0.15) is 18.3 Å². The molecule has 2 aromatic carbocycles. The van der Waals surface area contributed by atoms with E-state index in [1.54, 1.807) is 24.3 Å². The van der Waals surface area contributed by atoms with Gasteiger partial charge in [0.2, 0.25) is 0 Å². The molecule has 2 heterocycles. The normalized spacial score (nSPS) is 17.5. The molecular formula is C24H25F3N4O3. The van der Waals surface area contributed by atoms with E-state index in [2.05, 4.69) is 15.7 Å². The van der Waals surface area contributed by atoms with Crippen molar-refractivity contribution < 1.29 is 27.4 Å². The summed E-state index contributed by atoms with van der Waals surface area (Å²) in [4.78, 5) is 12.8. The van der Waals surface area contributed by atoms with Gasteiger partial charge in [0.25, 0.3) is 5.91 Å². The van der Waals surface area contributed by atoms with Gasteiger partial charge in [-0.25, -0.2) is 4.68 Å². The molecule has 2 N–H and O–H groups in total. The third-order valence-corrected chi connectivity index (χ3v) is 5.87. The Morgan fingerprint density at radius 1 is 1.09 bits per heavy atom. The van der Waals surface area contributed by atoms with Crippen molar-refractivity contribution in [3.8, 4) is 11.5 Å². The number of methoxy groups -OCH3 is 2. The third-order valence-electron chi connectivity index (χ3n) is 5.87. The van der Waals surface area contributed by atoms with E-state index >= 15 is 0 Å². The van der Waals surface area contributed by atoms with E-state index in [1.165, 1.54) is 20.3 Å². The topological polar surface area (TPSA) is 77.4 Å². The first-order chi connectivity index (χ1) is 16.1. The maximum atomic E-state index is 14.0. The lowest BCUT2D eigenvalue weighted by molar-refractivity contribution is -0.173. The van der Waals surface area contributed by atoms with Gasteiger partial charge in [-0.15, -0.1) is 0 Å². The quantitative estimate of drug-likeness (QED) is 0.516. The minimum atomic E-state index is -4.56. The molecule has 3 aromatic rings. The number of rotatable bonds is 5. The number of carbonyl (C=O) groups excluding carboxylic acids is 1. The van der Waals surface area contributed by atoms with E-state index in [0.29, 0.717) is 22.7 Å². The van der Waals surface area contributed by atoms with E-state index < -0.39 is 24.2 Å². The van der Waals surface area contributed by atoms with Gasteiger partial charge in [0.05, 0.1) is 20.3 Å². The molecule has 0 unspecified atom stereocenters. The van der Waals surface area contributed by atoms with Gasteiger partial charge >= 0.3 is 6.18 Å². The van der Waals surface area contributed by atoms with Gasteiger partial charge in [0.1, 0.15) is 5.82 Å². The number of ether oxygens (including phenoxy) is 2. The Morgan fingerprint density at radius 3 is 2.50 bits per heavy atom. The Balaban J connectivity index is 1.66. The molecule has 0 saturated carbocycles. The minimum Gasteiger partial charge on any atom is -0.493 e. The molecule has 1 amide bonds. The van der Waals surface area contributed by atoms with Crippen molar-refractivity contribution in [2.45, 2.75) is 38.5 Å². The van der Waals surface area contributed by atoms with Crippen LogP contribution < -0.4 is 20.1 Å². The molecule has 0 bridgehead atoms. The fraction of sp³-hybridized carbons (Fsp3) is 0.333. The molecule has 0 aliphatic carbocycles. The number of alkyl halides is 3. The van der Waals surface area contributed by atoms with Crippen LogP contribution in [-0.2, 0) is 0 Å². The number of aryl methyl sites for hydroxylation is 2. The molecule has 180 valence electrons. The van der Waals surface area contributed by atoms with Crippen LogP contribution in [0.2, 0.25) is 0 Å². The number of benzene rings is 2. The van der Waals surface area contributed by atoms with Crippen molar-refractivity contribution >= 4 is 17.4 Å². The molecule has 1 aliphatic rings. The average Bonchev–Trinajstić information content (AvgIpc) is 3.24. The fourth-order valence-electron chi connectivity index (χ4n) is 4.03. The zero-order chi connectivity index (χ0) is 24.6. The van der Waals surface area contributed by atoms with Gasteiger partial charge in [-0.1, -0.05) is 18.2 Å². The van der Waals surface area contributed by atoms with Gasteiger partial charge in [-0.3, -0.25) is 4.79 Å². The first-order valence-electron chi connectivity index (χ1n) is 10.6. The summed E-state index contributed by atoms with van der Waals surface area (Å²) in [6.45, 7) is 3.72. The van der Waals surface area contributed by atoms with E-state index in [0.717, 1.165) is 15.8 Å². The number of fused-ring (bicyclic) bond motifs is 1. The lowest BCUT2D eigenvalue weighted by atomic mass is 9.96. The summed E-state index contributed by atoms with van der Waals surface area (Å²) in [5.41, 5.74) is 2.86. The summed E-state index contributed by atoms with van der Waals surface area (Å²) in [6, 6.07) is 9.31. The Labute approximate surface area is 194 Å². The zero-order valence-corrected chi connectivity index (χ0v) is 19.2. The standard InChI is InChI=1S/C24H25F3N4O3/c1-13-5-6-14(2)16(9-13)29-23(32)18-12-22-28-17(11-21(24(25,26)27)31(22)30-18)15-7-8-19(33-3)20(10-15)34-4/h5-10,12,17,21,28H,11H2,1-4H3,(H,29,32)/t17-,21+/m1/s1. The molecule has 0 saturated heterocycles. The van der Waals surface area contributed by atoms with Crippen molar-refractivity contribution in [1.29, 1.82) is 0 Å². The summed E-state index contributed by atoms with van der Waals surface area (Å²) in [6.07, 6.45) is -4.86. The molecule has 0 spiro atoms. The molecule has 10 heteroatoms. The summed E-state index contributed by atoms with van der Waals surface area (Å²) in [5.74, 6) is 0.420. The molecule has 0 fully saturated rings. The summed E-state index contributed by atoms with van der Waals surface area (Å²) in [5, 5.41) is 9.85. The van der Waals surface area contributed by atoms with Crippen LogP contribution in [0.5, 0.6) is 11.5 Å². The highest BCUT2D eigenvalue weighted by atomic mass is 19.4. The summed E-state index contributed by atoms with van der Waals surface area (Å²) < 4.78 is 53.3. The fourth-order valence-corrected chi connectivity index (χ4v) is 4.03. The summed E-state index contributed by atoms with van der Waals surface area (Å²) in [7, 11) is 2.95. The maximum absolute atomic E-state index is 14.0. The first kappa shape index (κ1) is 23.5. The van der Waals surface area contributed by atoms with E-state index in [9.17, 15) is 18.0 Å². The largest absolute Gasteiger partial charge is 0.493 e. The lowest BCUT2D eigenvalue weighted by Gasteiger charge is -2.33. The first-order valence-corrected chi connectivity index (χ1v) is 10.6. The number of hydrogen-bond donors (Lipinski definition) is 2. The molecule has 1 aliphatic heterocycles. The van der Waals surface area contributed by atoms with E-state index in [-0.39, 0.29) is 17.9 Å². The van der Waals surface area contributed by atoms with Crippen LogP contribution in [-0.4, -0.2) is 36.1 Å². The predicted molar refractivity (Wildman–Crippen MR) is 122 cm³/mol. The van der Waals surface area contributed by atoms with E-state index in [4.69, 9.17) is 9.47 Å². The van der Waals surface area contributed by atoms with Gasteiger partial charge in [0, 0.05) is 18.2 Å². The van der Waals surface area contributed by atoms with Crippen LogP contribution in [0.15, 0.2) is 42.5 Å². The highest BCUT2D eigenvalue weighted by molar-refractivity contribution is 6.03. The Kier molecular flexibility index (Phi) is 6.16. The number of nitrogens with zero attached hydrogens (tertiary/aromatic N) is 2. The van der Waals surface area contributed by atoms with E-state index in [1.807, 2.05) is 26.0 Å². The molecular weight excluding hydrogens is 449 g/mol. The summed E-state index contributed by atoms with van der Waals surface area (Å²) >= 11 is 0. The van der Waals surface area contributed by atoms with Crippen LogP contribution >= 0.6 is 0 Å². The molecule has 7 nitrogen and oxygen atoms in total. The number of anilines is 2. The van der Waals surface area contributed by atoms with Gasteiger partial charge in [-0.05, 0) is 48.7 Å². The van der Waals surface area contributed by atoms with Crippen LogP contribution in [0.4, 0.5) is 24.7 Å². The number of hydrogen-bond acceptors (Lipinski definition) is 5. The number of carbonyl (C=O) groups is 1.